The summed E-state index contributed by atoms with van der Waals surface area (Å²) in [4.78, 5) is 0. The number of benzene rings is 1. The zero-order chi connectivity index (χ0) is 13.9. The van der Waals surface area contributed by atoms with Gasteiger partial charge >= 0.3 is 0 Å². The van der Waals surface area contributed by atoms with Crippen molar-refractivity contribution in [2.24, 2.45) is 11.8 Å². The van der Waals surface area contributed by atoms with E-state index in [0.29, 0.717) is 6.04 Å². The van der Waals surface area contributed by atoms with Crippen LogP contribution in [0.15, 0.2) is 24.3 Å². The van der Waals surface area contributed by atoms with E-state index in [1.54, 1.807) is 11.1 Å². The molecule has 0 amide bonds. The quantitative estimate of drug-likeness (QED) is 0.732. The lowest BCUT2D eigenvalue weighted by Gasteiger charge is -2.33. The van der Waals surface area contributed by atoms with Crippen LogP contribution in [0.25, 0.3) is 0 Å². The van der Waals surface area contributed by atoms with Gasteiger partial charge in [-0.1, -0.05) is 44.5 Å². The van der Waals surface area contributed by atoms with Gasteiger partial charge < -0.3 is 5.32 Å². The molecule has 2 aliphatic carbocycles. The van der Waals surface area contributed by atoms with Crippen LogP contribution in [0.1, 0.15) is 75.5 Å². The van der Waals surface area contributed by atoms with Crippen LogP contribution in [0.2, 0.25) is 0 Å². The number of nitrogens with one attached hydrogen (secondary N) is 1. The summed E-state index contributed by atoms with van der Waals surface area (Å²) in [5, 5.41) is 3.85. The molecule has 1 aromatic carbocycles. The van der Waals surface area contributed by atoms with E-state index in [9.17, 15) is 0 Å². The van der Waals surface area contributed by atoms with Crippen molar-refractivity contribution in [2.45, 2.75) is 64.3 Å². The molecule has 0 heterocycles. The molecule has 0 spiro atoms. The van der Waals surface area contributed by atoms with Crippen LogP contribution in [0.3, 0.4) is 0 Å². The van der Waals surface area contributed by atoms with Crippen molar-refractivity contribution in [1.82, 2.24) is 5.32 Å². The highest BCUT2D eigenvalue weighted by atomic mass is 14.9. The lowest BCUT2D eigenvalue weighted by Crippen LogP contribution is -2.30. The molecule has 1 heteroatoms. The minimum Gasteiger partial charge on any atom is -0.310 e. The van der Waals surface area contributed by atoms with E-state index in [2.05, 4.69) is 43.4 Å². The Balaban J connectivity index is 1.84. The smallest absolute Gasteiger partial charge is 0.0351 e. The highest BCUT2D eigenvalue weighted by Gasteiger charge is 2.35. The molecule has 2 saturated carbocycles. The van der Waals surface area contributed by atoms with E-state index in [1.807, 2.05) is 0 Å². The van der Waals surface area contributed by atoms with Gasteiger partial charge in [-0.05, 0) is 67.5 Å². The first-order chi connectivity index (χ1) is 9.81. The number of rotatable bonds is 7. The summed E-state index contributed by atoms with van der Waals surface area (Å²) in [7, 11) is 0. The van der Waals surface area contributed by atoms with Crippen LogP contribution >= 0.6 is 0 Å². The molecule has 20 heavy (non-hydrogen) atoms. The summed E-state index contributed by atoms with van der Waals surface area (Å²) in [5.74, 6) is 2.57. The Labute approximate surface area is 124 Å². The predicted octanol–water partition coefficient (Wildman–Crippen LogP) is 5.04. The van der Waals surface area contributed by atoms with E-state index in [0.717, 1.165) is 24.3 Å². The molecule has 0 radical (unpaired) electrons. The van der Waals surface area contributed by atoms with Gasteiger partial charge in [0, 0.05) is 6.04 Å². The molecule has 0 aromatic heterocycles. The topological polar surface area (TPSA) is 12.0 Å². The summed E-state index contributed by atoms with van der Waals surface area (Å²) in [5.41, 5.74) is 3.24. The molecule has 2 aliphatic rings. The van der Waals surface area contributed by atoms with Crippen molar-refractivity contribution in [3.63, 3.8) is 0 Å². The fraction of sp³-hybridized carbons (Fsp3) is 0.684. The highest BCUT2D eigenvalue weighted by molar-refractivity contribution is 5.35. The van der Waals surface area contributed by atoms with Crippen molar-refractivity contribution >= 4 is 0 Å². The van der Waals surface area contributed by atoms with Crippen molar-refractivity contribution in [3.05, 3.63) is 35.4 Å². The largest absolute Gasteiger partial charge is 0.310 e. The first-order valence-electron chi connectivity index (χ1n) is 8.63. The second-order valence-corrected chi connectivity index (χ2v) is 6.89. The summed E-state index contributed by atoms with van der Waals surface area (Å²) in [6.45, 7) is 5.87. The third kappa shape index (κ3) is 2.93. The van der Waals surface area contributed by atoms with Gasteiger partial charge in [-0.25, -0.2) is 0 Å². The number of hydrogen-bond donors (Lipinski definition) is 1. The Morgan fingerprint density at radius 1 is 1.15 bits per heavy atom. The summed E-state index contributed by atoms with van der Waals surface area (Å²) >= 11 is 0. The molecule has 3 rings (SSSR count). The molecule has 1 nitrogen and oxygen atoms in total. The monoisotopic (exact) mass is 271 g/mol. The van der Waals surface area contributed by atoms with E-state index >= 15 is 0 Å². The first kappa shape index (κ1) is 14.1. The third-order valence-corrected chi connectivity index (χ3v) is 5.38. The Morgan fingerprint density at radius 2 is 1.90 bits per heavy atom. The van der Waals surface area contributed by atoms with E-state index in [1.165, 1.54) is 38.5 Å². The lowest BCUT2D eigenvalue weighted by atomic mass is 9.75. The van der Waals surface area contributed by atoms with Crippen LogP contribution in [0.5, 0.6) is 0 Å². The fourth-order valence-electron chi connectivity index (χ4n) is 3.66. The van der Waals surface area contributed by atoms with Crippen LogP contribution < -0.4 is 5.32 Å². The highest BCUT2D eigenvalue weighted by Crippen LogP contribution is 2.46. The average molecular weight is 271 g/mol. The van der Waals surface area contributed by atoms with Crippen LogP contribution in [-0.2, 0) is 0 Å². The second kappa shape index (κ2) is 6.30. The van der Waals surface area contributed by atoms with E-state index in [-0.39, 0.29) is 0 Å². The van der Waals surface area contributed by atoms with Gasteiger partial charge in [0.2, 0.25) is 0 Å². The molecule has 2 unspecified atom stereocenters. The van der Waals surface area contributed by atoms with Crippen molar-refractivity contribution in [3.8, 4) is 0 Å². The molecule has 2 atom stereocenters. The Bertz CT molecular complexity index is 431. The van der Waals surface area contributed by atoms with Gasteiger partial charge in [-0.2, -0.15) is 0 Å². The van der Waals surface area contributed by atoms with Gasteiger partial charge in [0.15, 0.2) is 0 Å². The van der Waals surface area contributed by atoms with E-state index in [4.69, 9.17) is 0 Å². The van der Waals surface area contributed by atoms with Crippen LogP contribution in [0.4, 0.5) is 0 Å². The molecule has 1 N–H and O–H groups in total. The second-order valence-electron chi connectivity index (χ2n) is 6.89. The molecule has 0 saturated heterocycles. The Hall–Kier alpha value is -0.820. The molecular formula is C19H29N. The van der Waals surface area contributed by atoms with Gasteiger partial charge in [-0.3, -0.25) is 0 Å². The lowest BCUT2D eigenvalue weighted by molar-refractivity contribution is 0.340. The van der Waals surface area contributed by atoms with E-state index < -0.39 is 0 Å². The minimum atomic E-state index is 0.569. The molecule has 2 fully saturated rings. The van der Waals surface area contributed by atoms with Gasteiger partial charge in [-0.15, -0.1) is 0 Å². The zero-order valence-corrected chi connectivity index (χ0v) is 13.1. The first-order valence-corrected chi connectivity index (χ1v) is 8.63. The normalized spacial score (nSPS) is 22.3. The maximum absolute atomic E-state index is 3.85. The minimum absolute atomic E-state index is 0.569. The SMILES string of the molecule is CCCNC(c1ccccc1C1CCC1)C(C)C1CC1. The summed E-state index contributed by atoms with van der Waals surface area (Å²) in [6.07, 6.45) is 8.32. The van der Waals surface area contributed by atoms with Gasteiger partial charge in [0.25, 0.3) is 0 Å². The standard InChI is InChI=1S/C19H29N/c1-3-13-20-19(14(2)15-11-12-15)18-10-5-4-9-17(18)16-7-6-8-16/h4-5,9-10,14-16,19-20H,3,6-8,11-13H2,1-2H3. The Kier molecular flexibility index (Phi) is 4.45. The average Bonchev–Trinajstić information content (AvgIpc) is 3.23. The third-order valence-electron chi connectivity index (χ3n) is 5.38. The molecule has 0 aliphatic heterocycles. The predicted molar refractivity (Wildman–Crippen MR) is 86.0 cm³/mol. The molecular weight excluding hydrogens is 242 g/mol. The summed E-state index contributed by atoms with van der Waals surface area (Å²) < 4.78 is 0. The Morgan fingerprint density at radius 3 is 2.50 bits per heavy atom. The summed E-state index contributed by atoms with van der Waals surface area (Å²) in [6, 6.07) is 9.81. The molecule has 0 bridgehead atoms. The van der Waals surface area contributed by atoms with Gasteiger partial charge in [0.05, 0.1) is 0 Å². The maximum Gasteiger partial charge on any atom is 0.0351 e. The fourth-order valence-corrected chi connectivity index (χ4v) is 3.66. The molecule has 110 valence electrons. The van der Waals surface area contributed by atoms with Crippen molar-refractivity contribution < 1.29 is 0 Å². The van der Waals surface area contributed by atoms with Gasteiger partial charge in [0.1, 0.15) is 0 Å². The number of hydrogen-bond acceptors (Lipinski definition) is 1. The maximum atomic E-state index is 3.85. The van der Waals surface area contributed by atoms with Crippen molar-refractivity contribution in [1.29, 1.82) is 0 Å². The van der Waals surface area contributed by atoms with Crippen LogP contribution in [-0.4, -0.2) is 6.54 Å². The molecule has 1 aromatic rings. The van der Waals surface area contributed by atoms with Crippen LogP contribution in [0, 0.1) is 11.8 Å². The zero-order valence-electron chi connectivity index (χ0n) is 13.1. The van der Waals surface area contributed by atoms with Crippen molar-refractivity contribution in [2.75, 3.05) is 6.54 Å².